The summed E-state index contributed by atoms with van der Waals surface area (Å²) in [6.45, 7) is 5.27. The van der Waals surface area contributed by atoms with Crippen LogP contribution in [0.1, 0.15) is 62.2 Å². The summed E-state index contributed by atoms with van der Waals surface area (Å²) in [6, 6.07) is 8.17. The standard InChI is InChI=1S/C24H33ClN4O2/c1-18(9-16-29-13-4-12-26-29)28-14-10-21(11-15-28)31-23-8-7-19(17-22(23)25)24(30)27-20-5-2-3-6-20/h4,7-8,12-13,17-18,20-21H,2-3,5-6,9-11,14-16H2,1H3,(H,27,30)/t18-/m0/s1. The van der Waals surface area contributed by atoms with Crippen molar-refractivity contribution < 1.29 is 9.53 Å². The second-order valence-electron chi connectivity index (χ2n) is 8.86. The number of ether oxygens (including phenoxy) is 1. The van der Waals surface area contributed by atoms with Gasteiger partial charge in [-0.15, -0.1) is 0 Å². The molecule has 31 heavy (non-hydrogen) atoms. The highest BCUT2D eigenvalue weighted by atomic mass is 35.5. The van der Waals surface area contributed by atoms with Crippen LogP contribution in [-0.4, -0.2) is 51.9 Å². The fourth-order valence-corrected chi connectivity index (χ4v) is 4.85. The molecule has 2 fully saturated rings. The van der Waals surface area contributed by atoms with Gasteiger partial charge in [-0.25, -0.2) is 0 Å². The van der Waals surface area contributed by atoms with Crippen molar-refractivity contribution in [2.45, 2.75) is 76.6 Å². The fraction of sp³-hybridized carbons (Fsp3) is 0.583. The van der Waals surface area contributed by atoms with Gasteiger partial charge in [-0.1, -0.05) is 24.4 Å². The minimum absolute atomic E-state index is 0.0437. The van der Waals surface area contributed by atoms with Gasteiger partial charge in [0.2, 0.25) is 0 Å². The molecule has 0 unspecified atom stereocenters. The zero-order valence-corrected chi connectivity index (χ0v) is 19.1. The molecular weight excluding hydrogens is 412 g/mol. The number of benzene rings is 1. The highest BCUT2D eigenvalue weighted by molar-refractivity contribution is 6.32. The van der Waals surface area contributed by atoms with Gasteiger partial charge >= 0.3 is 0 Å². The number of halogens is 1. The number of hydrogen-bond acceptors (Lipinski definition) is 4. The van der Waals surface area contributed by atoms with Crippen molar-refractivity contribution in [1.29, 1.82) is 0 Å². The average molecular weight is 445 g/mol. The molecule has 2 aliphatic rings. The van der Waals surface area contributed by atoms with E-state index in [1.807, 2.05) is 35.3 Å². The number of nitrogens with one attached hydrogen (secondary N) is 1. The number of carbonyl (C=O) groups is 1. The summed E-state index contributed by atoms with van der Waals surface area (Å²) in [4.78, 5) is 15.0. The van der Waals surface area contributed by atoms with Gasteiger partial charge in [0, 0.05) is 49.7 Å². The third kappa shape index (κ3) is 6.01. The molecule has 168 valence electrons. The predicted molar refractivity (Wildman–Crippen MR) is 123 cm³/mol. The van der Waals surface area contributed by atoms with Gasteiger partial charge in [0.05, 0.1) is 5.02 Å². The van der Waals surface area contributed by atoms with Crippen LogP contribution < -0.4 is 10.1 Å². The second-order valence-corrected chi connectivity index (χ2v) is 9.27. The van der Waals surface area contributed by atoms with E-state index in [0.717, 1.165) is 51.7 Å². The number of hydrogen-bond donors (Lipinski definition) is 1. The number of rotatable bonds is 8. The molecule has 1 amide bonds. The van der Waals surface area contributed by atoms with Crippen molar-refractivity contribution >= 4 is 17.5 Å². The maximum atomic E-state index is 12.5. The van der Waals surface area contributed by atoms with Crippen LogP contribution in [-0.2, 0) is 6.54 Å². The molecule has 1 aliphatic carbocycles. The maximum absolute atomic E-state index is 12.5. The van der Waals surface area contributed by atoms with Crippen molar-refractivity contribution in [3.05, 3.63) is 47.2 Å². The highest BCUT2D eigenvalue weighted by Crippen LogP contribution is 2.29. The molecule has 1 saturated heterocycles. The molecule has 1 N–H and O–H groups in total. The van der Waals surface area contributed by atoms with Crippen molar-refractivity contribution in [3.8, 4) is 5.75 Å². The molecule has 1 aromatic heterocycles. The first kappa shape index (κ1) is 22.2. The highest BCUT2D eigenvalue weighted by Gasteiger charge is 2.25. The topological polar surface area (TPSA) is 59.4 Å². The fourth-order valence-electron chi connectivity index (χ4n) is 4.62. The molecule has 2 heterocycles. The number of amides is 1. The maximum Gasteiger partial charge on any atom is 0.251 e. The number of carbonyl (C=O) groups excluding carboxylic acids is 1. The normalized spacial score (nSPS) is 19.4. The van der Waals surface area contributed by atoms with E-state index in [-0.39, 0.29) is 12.0 Å². The summed E-state index contributed by atoms with van der Waals surface area (Å²) < 4.78 is 8.19. The Kier molecular flexibility index (Phi) is 7.51. The molecule has 1 aromatic carbocycles. The van der Waals surface area contributed by atoms with Crippen LogP contribution in [0.25, 0.3) is 0 Å². The van der Waals surface area contributed by atoms with E-state index in [0.29, 0.717) is 28.4 Å². The summed E-state index contributed by atoms with van der Waals surface area (Å²) >= 11 is 6.45. The Morgan fingerprint density at radius 1 is 1.26 bits per heavy atom. The predicted octanol–water partition coefficient (Wildman–Crippen LogP) is 4.53. The van der Waals surface area contributed by atoms with Crippen LogP contribution in [0.4, 0.5) is 0 Å². The van der Waals surface area contributed by atoms with Crippen LogP contribution in [0.15, 0.2) is 36.7 Å². The number of piperidine rings is 1. The Labute approximate surface area is 189 Å². The number of aryl methyl sites for hydroxylation is 1. The van der Waals surface area contributed by atoms with E-state index in [9.17, 15) is 4.79 Å². The second kappa shape index (κ2) is 10.5. The molecule has 4 rings (SSSR count). The van der Waals surface area contributed by atoms with E-state index in [4.69, 9.17) is 16.3 Å². The molecule has 0 spiro atoms. The quantitative estimate of drug-likeness (QED) is 0.649. The van der Waals surface area contributed by atoms with Gasteiger partial charge in [0.25, 0.3) is 5.91 Å². The molecule has 7 heteroatoms. The molecule has 1 saturated carbocycles. The van der Waals surface area contributed by atoms with Gasteiger partial charge < -0.3 is 15.0 Å². The van der Waals surface area contributed by atoms with Gasteiger partial charge in [0.1, 0.15) is 11.9 Å². The summed E-state index contributed by atoms with van der Waals surface area (Å²) in [5.74, 6) is 0.627. The summed E-state index contributed by atoms with van der Waals surface area (Å²) in [5, 5.41) is 7.90. The van der Waals surface area contributed by atoms with Crippen LogP contribution in [0.5, 0.6) is 5.75 Å². The Hall–Kier alpha value is -2.05. The SMILES string of the molecule is C[C@@H](CCn1cccn1)N1CCC(Oc2ccc(C(=O)NC3CCCC3)cc2Cl)CC1. The minimum Gasteiger partial charge on any atom is -0.489 e. The number of aromatic nitrogens is 2. The smallest absolute Gasteiger partial charge is 0.251 e. The summed E-state index contributed by atoms with van der Waals surface area (Å²) in [6.07, 6.45) is 11.6. The Balaban J connectivity index is 1.23. The lowest BCUT2D eigenvalue weighted by molar-refractivity contribution is 0.0760. The van der Waals surface area contributed by atoms with Gasteiger partial charge in [-0.05, 0) is 63.3 Å². The molecule has 1 aliphatic heterocycles. The van der Waals surface area contributed by atoms with E-state index < -0.39 is 0 Å². The zero-order chi connectivity index (χ0) is 21.6. The number of likely N-dealkylation sites (tertiary alicyclic amines) is 1. The van der Waals surface area contributed by atoms with Crippen molar-refractivity contribution in [2.75, 3.05) is 13.1 Å². The molecule has 6 nitrogen and oxygen atoms in total. The minimum atomic E-state index is -0.0437. The van der Waals surface area contributed by atoms with E-state index in [1.165, 1.54) is 12.8 Å². The van der Waals surface area contributed by atoms with Gasteiger partial charge in [-0.3, -0.25) is 9.48 Å². The zero-order valence-electron chi connectivity index (χ0n) is 18.3. The van der Waals surface area contributed by atoms with Gasteiger partial charge in [0.15, 0.2) is 0 Å². The van der Waals surface area contributed by atoms with Crippen molar-refractivity contribution in [3.63, 3.8) is 0 Å². The Bertz CT molecular complexity index is 843. The lowest BCUT2D eigenvalue weighted by Crippen LogP contribution is -2.43. The van der Waals surface area contributed by atoms with E-state index in [2.05, 4.69) is 22.2 Å². The first-order valence-electron chi connectivity index (χ1n) is 11.6. The molecular formula is C24H33ClN4O2. The third-order valence-corrected chi connectivity index (χ3v) is 6.91. The van der Waals surface area contributed by atoms with E-state index in [1.54, 1.807) is 6.07 Å². The first-order valence-corrected chi connectivity index (χ1v) is 11.9. The Morgan fingerprint density at radius 3 is 2.71 bits per heavy atom. The molecule has 1 atom stereocenters. The van der Waals surface area contributed by atoms with Crippen LogP contribution in [0.2, 0.25) is 5.02 Å². The first-order chi connectivity index (χ1) is 15.1. The van der Waals surface area contributed by atoms with Crippen LogP contribution in [0, 0.1) is 0 Å². The third-order valence-electron chi connectivity index (χ3n) is 6.61. The lowest BCUT2D eigenvalue weighted by atomic mass is 10.0. The van der Waals surface area contributed by atoms with Crippen molar-refractivity contribution in [2.24, 2.45) is 0 Å². The van der Waals surface area contributed by atoms with Crippen LogP contribution >= 0.6 is 11.6 Å². The largest absolute Gasteiger partial charge is 0.489 e. The van der Waals surface area contributed by atoms with E-state index >= 15 is 0 Å². The van der Waals surface area contributed by atoms with Gasteiger partial charge in [-0.2, -0.15) is 5.10 Å². The molecule has 2 aromatic rings. The Morgan fingerprint density at radius 2 is 2.03 bits per heavy atom. The van der Waals surface area contributed by atoms with Crippen LogP contribution in [0.3, 0.4) is 0 Å². The average Bonchev–Trinajstić information content (AvgIpc) is 3.48. The van der Waals surface area contributed by atoms with Crippen molar-refractivity contribution in [1.82, 2.24) is 20.0 Å². The lowest BCUT2D eigenvalue weighted by Gasteiger charge is -2.36. The summed E-state index contributed by atoms with van der Waals surface area (Å²) in [7, 11) is 0. The molecule has 0 bridgehead atoms. The summed E-state index contributed by atoms with van der Waals surface area (Å²) in [5.41, 5.74) is 0.602. The number of nitrogens with zero attached hydrogens (tertiary/aromatic N) is 3. The molecule has 0 radical (unpaired) electrons. The monoisotopic (exact) mass is 444 g/mol.